The normalized spacial score (nSPS) is 19.3. The summed E-state index contributed by atoms with van der Waals surface area (Å²) in [4.78, 5) is 4.28. The van der Waals surface area contributed by atoms with Crippen molar-refractivity contribution in [1.82, 2.24) is 10.3 Å². The molecule has 0 radical (unpaired) electrons. The number of anilines is 1. The third-order valence-electron chi connectivity index (χ3n) is 5.00. The Bertz CT molecular complexity index is 799. The summed E-state index contributed by atoms with van der Waals surface area (Å²) in [6.07, 6.45) is 3.33. The van der Waals surface area contributed by atoms with Crippen molar-refractivity contribution in [2.45, 2.75) is 50.3 Å². The molecule has 0 bridgehead atoms. The summed E-state index contributed by atoms with van der Waals surface area (Å²) >= 11 is -2.12. The van der Waals surface area contributed by atoms with Gasteiger partial charge in [0.25, 0.3) is 0 Å². The van der Waals surface area contributed by atoms with Gasteiger partial charge in [-0.05, 0) is 63.3 Å². The first kappa shape index (κ1) is 20.8. The summed E-state index contributed by atoms with van der Waals surface area (Å²) in [5, 5.41) is 6.96. The maximum absolute atomic E-state index is 11.4. The minimum atomic E-state index is -2.12. The first-order valence-electron chi connectivity index (χ1n) is 9.70. The van der Waals surface area contributed by atoms with Gasteiger partial charge in [-0.15, -0.1) is 0 Å². The fourth-order valence-electron chi connectivity index (χ4n) is 3.59. The van der Waals surface area contributed by atoms with Crippen molar-refractivity contribution in [3.05, 3.63) is 48.0 Å². The lowest BCUT2D eigenvalue weighted by Gasteiger charge is -2.17. The van der Waals surface area contributed by atoms with Gasteiger partial charge in [-0.2, -0.15) is 0 Å². The molecule has 0 amide bonds. The molecule has 28 heavy (non-hydrogen) atoms. The molecule has 3 rings (SSSR count). The minimum absolute atomic E-state index is 0.122. The Hall–Kier alpha value is -1.96. The molecule has 3 N–H and O–H groups in total. The van der Waals surface area contributed by atoms with Crippen LogP contribution < -0.4 is 15.4 Å². The molecule has 2 aromatic rings. The summed E-state index contributed by atoms with van der Waals surface area (Å²) in [5.41, 5.74) is 1.29. The van der Waals surface area contributed by atoms with E-state index in [1.807, 2.05) is 30.3 Å². The molecule has 1 aromatic heterocycles. The van der Waals surface area contributed by atoms with Crippen LogP contribution in [0.1, 0.15) is 38.7 Å². The van der Waals surface area contributed by atoms with Gasteiger partial charge in [-0.3, -0.25) is 0 Å². The molecule has 1 unspecified atom stereocenters. The van der Waals surface area contributed by atoms with E-state index in [4.69, 9.17) is 4.74 Å². The number of hydrogen-bond acceptors (Lipinski definition) is 5. The molecule has 0 saturated carbocycles. The van der Waals surface area contributed by atoms with Gasteiger partial charge in [0.2, 0.25) is 11.1 Å². The molecule has 6 nitrogen and oxygen atoms in total. The van der Waals surface area contributed by atoms with E-state index in [1.54, 1.807) is 6.07 Å². The second-order valence-electron chi connectivity index (χ2n) is 7.92. The number of nitrogens with one attached hydrogen (secondary N) is 2. The van der Waals surface area contributed by atoms with Crippen molar-refractivity contribution < 1.29 is 13.5 Å². The van der Waals surface area contributed by atoms with Crippen molar-refractivity contribution in [3.8, 4) is 5.75 Å². The standard InChI is InChI=1S/C21H29N3O3S/c1-21(2)13-17(14-23-21)9-6-12-22-20-18(10-11-19(24-20)28(25)26)27-15-16-7-4-3-5-8-16/h3-5,7-8,10-11,17,23H,6,9,12-15H2,1-2H3,(H,22,24)(H,25,26)/t17-/m0/s1. The number of hydrogen-bond donors (Lipinski definition) is 3. The van der Waals surface area contributed by atoms with E-state index in [9.17, 15) is 8.76 Å². The Labute approximate surface area is 169 Å². The molecule has 152 valence electrons. The number of rotatable bonds is 9. The van der Waals surface area contributed by atoms with Gasteiger partial charge in [0.05, 0.1) is 0 Å². The van der Waals surface area contributed by atoms with E-state index < -0.39 is 11.1 Å². The van der Waals surface area contributed by atoms with Gasteiger partial charge in [0, 0.05) is 12.1 Å². The topological polar surface area (TPSA) is 83.5 Å². The Kier molecular flexibility index (Phi) is 7.04. The lowest BCUT2D eigenvalue weighted by molar-refractivity contribution is 0.306. The predicted molar refractivity (Wildman–Crippen MR) is 112 cm³/mol. The van der Waals surface area contributed by atoms with Crippen molar-refractivity contribution in [2.24, 2.45) is 5.92 Å². The molecule has 1 aromatic carbocycles. The second kappa shape index (κ2) is 9.49. The molecule has 0 spiro atoms. The van der Waals surface area contributed by atoms with Crippen LogP contribution in [0.2, 0.25) is 0 Å². The zero-order valence-electron chi connectivity index (χ0n) is 16.5. The Morgan fingerprint density at radius 1 is 1.29 bits per heavy atom. The fraction of sp³-hybridized carbons (Fsp3) is 0.476. The van der Waals surface area contributed by atoms with Crippen LogP contribution in [0.15, 0.2) is 47.5 Å². The van der Waals surface area contributed by atoms with E-state index in [0.29, 0.717) is 24.1 Å². The number of nitrogens with zero attached hydrogens (tertiary/aromatic N) is 1. The zero-order valence-corrected chi connectivity index (χ0v) is 17.3. The molecule has 2 heterocycles. The van der Waals surface area contributed by atoms with Crippen molar-refractivity contribution in [3.63, 3.8) is 0 Å². The van der Waals surface area contributed by atoms with E-state index in [1.165, 1.54) is 12.5 Å². The number of ether oxygens (including phenoxy) is 1. The average Bonchev–Trinajstić information content (AvgIpc) is 3.03. The lowest BCUT2D eigenvalue weighted by atomic mass is 9.94. The Morgan fingerprint density at radius 3 is 2.75 bits per heavy atom. The smallest absolute Gasteiger partial charge is 0.205 e. The fourth-order valence-corrected chi connectivity index (χ4v) is 3.95. The van der Waals surface area contributed by atoms with Crippen LogP contribution in [0, 0.1) is 5.92 Å². The summed E-state index contributed by atoms with van der Waals surface area (Å²) in [5.74, 6) is 1.79. The highest BCUT2D eigenvalue weighted by Gasteiger charge is 2.29. The lowest BCUT2D eigenvalue weighted by Crippen LogP contribution is -2.31. The van der Waals surface area contributed by atoms with Crippen molar-refractivity contribution in [1.29, 1.82) is 0 Å². The SMILES string of the molecule is CC1(C)C[C@H](CCCNc2nc(S(=O)O)ccc2OCc2ccccc2)CN1. The van der Waals surface area contributed by atoms with Gasteiger partial charge >= 0.3 is 0 Å². The summed E-state index contributed by atoms with van der Waals surface area (Å²) in [6.45, 7) is 6.71. The highest BCUT2D eigenvalue weighted by molar-refractivity contribution is 7.79. The highest BCUT2D eigenvalue weighted by Crippen LogP contribution is 2.27. The van der Waals surface area contributed by atoms with Crippen LogP contribution in [0.3, 0.4) is 0 Å². The van der Waals surface area contributed by atoms with Crippen molar-refractivity contribution >= 4 is 16.9 Å². The first-order chi connectivity index (χ1) is 13.4. The first-order valence-corrected chi connectivity index (χ1v) is 10.8. The monoisotopic (exact) mass is 403 g/mol. The summed E-state index contributed by atoms with van der Waals surface area (Å²) < 4.78 is 26.6. The van der Waals surface area contributed by atoms with Gasteiger partial charge in [0.1, 0.15) is 6.61 Å². The molecular formula is C21H29N3O3S. The quantitative estimate of drug-likeness (QED) is 0.436. The van der Waals surface area contributed by atoms with E-state index >= 15 is 0 Å². The molecule has 1 fully saturated rings. The molecule has 0 aliphatic carbocycles. The Balaban J connectivity index is 1.57. The largest absolute Gasteiger partial charge is 0.485 e. The molecule has 1 aliphatic heterocycles. The number of benzene rings is 1. The van der Waals surface area contributed by atoms with Crippen LogP contribution >= 0.6 is 0 Å². The molecule has 2 atom stereocenters. The van der Waals surface area contributed by atoms with Gasteiger partial charge < -0.3 is 19.9 Å². The van der Waals surface area contributed by atoms with E-state index in [0.717, 1.165) is 31.5 Å². The maximum Gasteiger partial charge on any atom is 0.205 e. The van der Waals surface area contributed by atoms with E-state index in [2.05, 4.69) is 29.5 Å². The number of pyridine rings is 1. The summed E-state index contributed by atoms with van der Waals surface area (Å²) in [6, 6.07) is 13.1. The molecule has 7 heteroatoms. The molecular weight excluding hydrogens is 374 g/mol. The van der Waals surface area contributed by atoms with Crippen LogP contribution in [0.25, 0.3) is 0 Å². The summed E-state index contributed by atoms with van der Waals surface area (Å²) in [7, 11) is 0. The van der Waals surface area contributed by atoms with Crippen LogP contribution in [0.4, 0.5) is 5.82 Å². The third kappa shape index (κ3) is 6.02. The molecule has 1 aliphatic rings. The van der Waals surface area contributed by atoms with Gasteiger partial charge in [-0.25, -0.2) is 9.19 Å². The van der Waals surface area contributed by atoms with Gasteiger partial charge in [-0.1, -0.05) is 30.3 Å². The zero-order chi connectivity index (χ0) is 20.0. The maximum atomic E-state index is 11.4. The van der Waals surface area contributed by atoms with Gasteiger partial charge in [0.15, 0.2) is 16.6 Å². The van der Waals surface area contributed by atoms with Crippen molar-refractivity contribution in [2.75, 3.05) is 18.4 Å². The Morgan fingerprint density at radius 2 is 2.07 bits per heavy atom. The highest BCUT2D eigenvalue weighted by atomic mass is 32.2. The van der Waals surface area contributed by atoms with Crippen LogP contribution in [-0.2, 0) is 17.7 Å². The number of aromatic nitrogens is 1. The minimum Gasteiger partial charge on any atom is -0.485 e. The van der Waals surface area contributed by atoms with Crippen LogP contribution in [-0.4, -0.2) is 32.4 Å². The molecule has 1 saturated heterocycles. The van der Waals surface area contributed by atoms with E-state index in [-0.39, 0.29) is 10.6 Å². The average molecular weight is 404 g/mol. The third-order valence-corrected chi connectivity index (χ3v) is 5.58. The van der Waals surface area contributed by atoms with Crippen LogP contribution in [0.5, 0.6) is 5.75 Å². The predicted octanol–water partition coefficient (Wildman–Crippen LogP) is 3.82. The second-order valence-corrected chi connectivity index (χ2v) is 8.84.